The summed E-state index contributed by atoms with van der Waals surface area (Å²) in [7, 11) is 0. The van der Waals surface area contributed by atoms with Crippen LogP contribution in [0.25, 0.3) is 0 Å². The van der Waals surface area contributed by atoms with Crippen LogP contribution in [0, 0.1) is 0 Å². The quantitative estimate of drug-likeness (QED) is 0.395. The monoisotopic (exact) mass is 299 g/mol. The number of esters is 1. The molecule has 1 N–H and O–H groups in total. The van der Waals surface area contributed by atoms with E-state index in [9.17, 15) is 4.79 Å². The molecule has 0 heterocycles. The number of halogens is 1. The van der Waals surface area contributed by atoms with Crippen LogP contribution in [-0.2, 0) is 4.74 Å². The normalized spacial score (nSPS) is 11.8. The Labute approximate surface area is 108 Å². The molecule has 0 aromatic heterocycles. The van der Waals surface area contributed by atoms with E-state index in [0.717, 1.165) is 0 Å². The number of nitrogens with zero attached hydrogens (tertiary/aromatic N) is 1. The standard InChI is InChI=1S/C12H14BrNO3/c1-12(2,3)17-11(15)9-5-4-8(7-14-16)6-10(9)13/h4-7,16H,1-3H3/b14-7+. The van der Waals surface area contributed by atoms with Crippen molar-refractivity contribution in [2.75, 3.05) is 0 Å². The van der Waals surface area contributed by atoms with Gasteiger partial charge in [0.05, 0.1) is 11.8 Å². The van der Waals surface area contributed by atoms with Crippen molar-refractivity contribution in [2.24, 2.45) is 5.16 Å². The number of rotatable bonds is 2. The average Bonchev–Trinajstić information content (AvgIpc) is 2.15. The van der Waals surface area contributed by atoms with Gasteiger partial charge in [-0.05, 0) is 54.4 Å². The van der Waals surface area contributed by atoms with Crippen LogP contribution in [0.2, 0.25) is 0 Å². The van der Waals surface area contributed by atoms with Gasteiger partial charge in [-0.1, -0.05) is 11.2 Å². The van der Waals surface area contributed by atoms with Gasteiger partial charge in [0.15, 0.2) is 0 Å². The maximum absolute atomic E-state index is 11.8. The fourth-order valence-electron chi connectivity index (χ4n) is 1.18. The number of hydrogen-bond acceptors (Lipinski definition) is 4. The van der Waals surface area contributed by atoms with E-state index in [0.29, 0.717) is 15.6 Å². The first-order chi connectivity index (χ1) is 7.83. The largest absolute Gasteiger partial charge is 0.456 e. The SMILES string of the molecule is CC(C)(C)OC(=O)c1ccc(/C=N/O)cc1Br. The highest BCUT2D eigenvalue weighted by atomic mass is 79.9. The van der Waals surface area contributed by atoms with Crippen molar-refractivity contribution >= 4 is 28.1 Å². The Morgan fingerprint density at radius 2 is 2.12 bits per heavy atom. The highest BCUT2D eigenvalue weighted by Crippen LogP contribution is 2.21. The van der Waals surface area contributed by atoms with Gasteiger partial charge in [0.1, 0.15) is 5.60 Å². The second kappa shape index (κ2) is 5.31. The van der Waals surface area contributed by atoms with Crippen molar-refractivity contribution in [3.05, 3.63) is 33.8 Å². The Morgan fingerprint density at radius 1 is 1.47 bits per heavy atom. The predicted octanol–water partition coefficient (Wildman–Crippen LogP) is 3.21. The molecule has 1 rings (SSSR count). The first-order valence-corrected chi connectivity index (χ1v) is 5.83. The van der Waals surface area contributed by atoms with Gasteiger partial charge in [0.2, 0.25) is 0 Å². The molecule has 17 heavy (non-hydrogen) atoms. The molecule has 5 heteroatoms. The molecule has 0 unspecified atom stereocenters. The molecular formula is C12H14BrNO3. The van der Waals surface area contributed by atoms with Crippen LogP contribution in [-0.4, -0.2) is 23.0 Å². The third-order valence-corrected chi connectivity index (χ3v) is 2.47. The van der Waals surface area contributed by atoms with Crippen LogP contribution >= 0.6 is 15.9 Å². The maximum atomic E-state index is 11.8. The number of hydrogen-bond donors (Lipinski definition) is 1. The lowest BCUT2D eigenvalue weighted by Crippen LogP contribution is -2.24. The van der Waals surface area contributed by atoms with E-state index in [2.05, 4.69) is 21.1 Å². The Hall–Kier alpha value is -1.36. The maximum Gasteiger partial charge on any atom is 0.339 e. The lowest BCUT2D eigenvalue weighted by atomic mass is 10.1. The molecule has 1 aromatic rings. The molecule has 0 aliphatic heterocycles. The number of oxime groups is 1. The van der Waals surface area contributed by atoms with E-state index in [1.165, 1.54) is 6.21 Å². The van der Waals surface area contributed by atoms with Gasteiger partial charge < -0.3 is 9.94 Å². The summed E-state index contributed by atoms with van der Waals surface area (Å²) < 4.78 is 5.85. The second-order valence-electron chi connectivity index (χ2n) is 4.49. The van der Waals surface area contributed by atoms with Gasteiger partial charge in [-0.3, -0.25) is 0 Å². The lowest BCUT2D eigenvalue weighted by Gasteiger charge is -2.19. The molecule has 0 bridgehead atoms. The average molecular weight is 300 g/mol. The summed E-state index contributed by atoms with van der Waals surface area (Å²) in [4.78, 5) is 11.8. The number of benzene rings is 1. The summed E-state index contributed by atoms with van der Waals surface area (Å²) >= 11 is 3.28. The van der Waals surface area contributed by atoms with Gasteiger partial charge in [0.25, 0.3) is 0 Å². The molecule has 0 atom stereocenters. The number of carbonyl (C=O) groups excluding carboxylic acids is 1. The second-order valence-corrected chi connectivity index (χ2v) is 5.34. The topological polar surface area (TPSA) is 58.9 Å². The summed E-state index contributed by atoms with van der Waals surface area (Å²) in [6.45, 7) is 5.43. The predicted molar refractivity (Wildman–Crippen MR) is 68.7 cm³/mol. The van der Waals surface area contributed by atoms with Crippen molar-refractivity contribution in [1.29, 1.82) is 0 Å². The molecule has 0 aliphatic carbocycles. The minimum absolute atomic E-state index is 0.392. The zero-order chi connectivity index (χ0) is 13.1. The van der Waals surface area contributed by atoms with E-state index < -0.39 is 11.6 Å². The van der Waals surface area contributed by atoms with Crippen LogP contribution in [0.3, 0.4) is 0 Å². The molecule has 1 aromatic carbocycles. The minimum Gasteiger partial charge on any atom is -0.456 e. The highest BCUT2D eigenvalue weighted by Gasteiger charge is 2.19. The van der Waals surface area contributed by atoms with Crippen LogP contribution in [0.15, 0.2) is 27.8 Å². The molecule has 0 spiro atoms. The van der Waals surface area contributed by atoms with Crippen LogP contribution in [0.4, 0.5) is 0 Å². The Kier molecular flexibility index (Phi) is 4.28. The van der Waals surface area contributed by atoms with Crippen molar-refractivity contribution in [3.63, 3.8) is 0 Å². The summed E-state index contributed by atoms with van der Waals surface area (Å²) in [5.74, 6) is -0.392. The number of ether oxygens (including phenoxy) is 1. The third-order valence-electron chi connectivity index (χ3n) is 1.82. The molecule has 0 saturated carbocycles. The van der Waals surface area contributed by atoms with Gasteiger partial charge >= 0.3 is 5.97 Å². The van der Waals surface area contributed by atoms with E-state index in [4.69, 9.17) is 9.94 Å². The molecule has 4 nitrogen and oxygen atoms in total. The van der Waals surface area contributed by atoms with Gasteiger partial charge in [-0.2, -0.15) is 0 Å². The number of carbonyl (C=O) groups is 1. The molecular weight excluding hydrogens is 286 g/mol. The molecule has 0 aliphatic rings. The fourth-order valence-corrected chi connectivity index (χ4v) is 1.74. The zero-order valence-corrected chi connectivity index (χ0v) is 11.5. The zero-order valence-electron chi connectivity index (χ0n) is 9.90. The smallest absolute Gasteiger partial charge is 0.339 e. The summed E-state index contributed by atoms with van der Waals surface area (Å²) in [6.07, 6.45) is 1.28. The van der Waals surface area contributed by atoms with Crippen molar-refractivity contribution in [2.45, 2.75) is 26.4 Å². The van der Waals surface area contributed by atoms with Crippen molar-refractivity contribution in [3.8, 4) is 0 Å². The van der Waals surface area contributed by atoms with E-state index in [-0.39, 0.29) is 0 Å². The fraction of sp³-hybridized carbons (Fsp3) is 0.333. The third kappa shape index (κ3) is 4.19. The van der Waals surface area contributed by atoms with Crippen molar-refractivity contribution in [1.82, 2.24) is 0 Å². The molecule has 0 radical (unpaired) electrons. The van der Waals surface area contributed by atoms with E-state index in [1.807, 2.05) is 20.8 Å². The molecule has 0 fully saturated rings. The van der Waals surface area contributed by atoms with Crippen LogP contribution in [0.5, 0.6) is 0 Å². The lowest BCUT2D eigenvalue weighted by molar-refractivity contribution is 0.00685. The highest BCUT2D eigenvalue weighted by molar-refractivity contribution is 9.10. The van der Waals surface area contributed by atoms with Gasteiger partial charge in [-0.15, -0.1) is 0 Å². The Bertz CT molecular complexity index is 450. The van der Waals surface area contributed by atoms with Crippen LogP contribution in [0.1, 0.15) is 36.7 Å². The Morgan fingerprint density at radius 3 is 2.59 bits per heavy atom. The Balaban J connectivity index is 2.96. The summed E-state index contributed by atoms with van der Waals surface area (Å²) in [6, 6.07) is 4.97. The molecule has 0 saturated heterocycles. The van der Waals surface area contributed by atoms with Gasteiger partial charge in [-0.25, -0.2) is 4.79 Å². The summed E-state index contributed by atoms with van der Waals surface area (Å²) in [5, 5.41) is 11.3. The molecule has 92 valence electrons. The first kappa shape index (κ1) is 13.7. The van der Waals surface area contributed by atoms with Crippen LogP contribution < -0.4 is 0 Å². The van der Waals surface area contributed by atoms with Gasteiger partial charge in [0, 0.05) is 4.47 Å². The summed E-state index contributed by atoms with van der Waals surface area (Å²) in [5.41, 5.74) is 0.601. The van der Waals surface area contributed by atoms with E-state index in [1.54, 1.807) is 18.2 Å². The molecule has 0 amide bonds. The van der Waals surface area contributed by atoms with E-state index >= 15 is 0 Å². The minimum atomic E-state index is -0.526. The first-order valence-electron chi connectivity index (χ1n) is 5.04. The van der Waals surface area contributed by atoms with Crippen molar-refractivity contribution < 1.29 is 14.7 Å².